The summed E-state index contributed by atoms with van der Waals surface area (Å²) in [6, 6.07) is 5.96. The number of aliphatic hydroxyl groups is 1. The van der Waals surface area contributed by atoms with Crippen molar-refractivity contribution in [3.8, 4) is 0 Å². The van der Waals surface area contributed by atoms with E-state index in [4.69, 9.17) is 5.11 Å². The first-order chi connectivity index (χ1) is 5.75. The maximum Gasteiger partial charge on any atom is 0.0604 e. The molecule has 1 aromatic rings. The summed E-state index contributed by atoms with van der Waals surface area (Å²) >= 11 is 3.44. The molecular weight excluding hydrogens is 218 g/mol. The van der Waals surface area contributed by atoms with E-state index in [9.17, 15) is 0 Å². The van der Waals surface area contributed by atoms with E-state index in [0.717, 1.165) is 10.2 Å². The quantitative estimate of drug-likeness (QED) is 0.833. The van der Waals surface area contributed by atoms with Gasteiger partial charge in [-0.3, -0.25) is 0 Å². The van der Waals surface area contributed by atoms with Crippen molar-refractivity contribution < 1.29 is 5.11 Å². The van der Waals surface area contributed by atoms with Crippen LogP contribution in [0.5, 0.6) is 0 Å². The van der Waals surface area contributed by atoms with Crippen molar-refractivity contribution in [2.75, 3.05) is 18.5 Å². The molecule has 0 amide bonds. The number of hydrogen-bond donors (Lipinski definition) is 2. The first-order valence-corrected chi connectivity index (χ1v) is 4.65. The molecule has 2 N–H and O–H groups in total. The van der Waals surface area contributed by atoms with Crippen LogP contribution in [0.15, 0.2) is 22.7 Å². The maximum absolute atomic E-state index is 8.61. The van der Waals surface area contributed by atoms with E-state index >= 15 is 0 Å². The second-order valence-corrected chi connectivity index (χ2v) is 3.42. The Morgan fingerprint density at radius 2 is 2.25 bits per heavy atom. The molecule has 0 aliphatic heterocycles. The highest BCUT2D eigenvalue weighted by molar-refractivity contribution is 9.10. The highest BCUT2D eigenvalue weighted by Gasteiger charge is 1.99. The van der Waals surface area contributed by atoms with E-state index in [1.165, 1.54) is 5.56 Å². The number of aliphatic hydroxyl groups excluding tert-OH is 1. The van der Waals surface area contributed by atoms with Gasteiger partial charge >= 0.3 is 0 Å². The molecule has 0 saturated carbocycles. The third-order valence-corrected chi connectivity index (χ3v) is 2.55. The van der Waals surface area contributed by atoms with Gasteiger partial charge in [-0.25, -0.2) is 0 Å². The Balaban J connectivity index is 2.78. The molecule has 0 aromatic heterocycles. The lowest BCUT2D eigenvalue weighted by atomic mass is 10.2. The van der Waals surface area contributed by atoms with Crippen LogP contribution in [0.3, 0.4) is 0 Å². The zero-order chi connectivity index (χ0) is 8.97. The molecule has 0 aliphatic carbocycles. The number of hydrogen-bond acceptors (Lipinski definition) is 2. The van der Waals surface area contributed by atoms with Crippen molar-refractivity contribution in [3.63, 3.8) is 0 Å². The van der Waals surface area contributed by atoms with E-state index in [0.29, 0.717) is 6.54 Å². The second-order valence-electron chi connectivity index (χ2n) is 2.56. The molecule has 0 fully saturated rings. The summed E-state index contributed by atoms with van der Waals surface area (Å²) in [5.74, 6) is 0. The van der Waals surface area contributed by atoms with Crippen molar-refractivity contribution in [1.82, 2.24) is 0 Å². The molecule has 0 radical (unpaired) electrons. The smallest absolute Gasteiger partial charge is 0.0604 e. The lowest BCUT2D eigenvalue weighted by Crippen LogP contribution is -2.06. The van der Waals surface area contributed by atoms with Gasteiger partial charge in [0.05, 0.1) is 6.61 Å². The van der Waals surface area contributed by atoms with Gasteiger partial charge in [-0.2, -0.15) is 0 Å². The first kappa shape index (κ1) is 9.55. The van der Waals surface area contributed by atoms with Crippen LogP contribution >= 0.6 is 15.9 Å². The molecule has 0 heterocycles. The minimum absolute atomic E-state index is 0.159. The van der Waals surface area contributed by atoms with Crippen LogP contribution in [-0.4, -0.2) is 18.3 Å². The van der Waals surface area contributed by atoms with E-state index < -0.39 is 0 Å². The molecule has 1 rings (SSSR count). The Morgan fingerprint density at radius 3 is 2.92 bits per heavy atom. The topological polar surface area (TPSA) is 32.3 Å². The van der Waals surface area contributed by atoms with Crippen LogP contribution in [0.1, 0.15) is 5.56 Å². The standard InChI is InChI=1S/C9H12BrNO/c1-7-8(10)3-2-4-9(7)11-5-6-12/h2-4,11-12H,5-6H2,1H3. The SMILES string of the molecule is Cc1c(Br)cccc1NCCO. The van der Waals surface area contributed by atoms with Crippen LogP contribution in [0.25, 0.3) is 0 Å². The Bertz CT molecular complexity index is 263. The van der Waals surface area contributed by atoms with Crippen molar-refractivity contribution >= 4 is 21.6 Å². The monoisotopic (exact) mass is 229 g/mol. The highest BCUT2D eigenvalue weighted by Crippen LogP contribution is 2.22. The molecule has 0 unspecified atom stereocenters. The predicted octanol–water partition coefficient (Wildman–Crippen LogP) is 2.16. The summed E-state index contributed by atoms with van der Waals surface area (Å²) in [4.78, 5) is 0. The summed E-state index contributed by atoms with van der Waals surface area (Å²) in [6.07, 6.45) is 0. The van der Waals surface area contributed by atoms with E-state index in [1.54, 1.807) is 0 Å². The number of benzene rings is 1. The average Bonchev–Trinajstić information content (AvgIpc) is 2.08. The molecule has 0 spiro atoms. The average molecular weight is 230 g/mol. The fourth-order valence-electron chi connectivity index (χ4n) is 0.990. The van der Waals surface area contributed by atoms with Crippen LogP contribution < -0.4 is 5.32 Å². The molecule has 12 heavy (non-hydrogen) atoms. The molecule has 66 valence electrons. The van der Waals surface area contributed by atoms with Crippen LogP contribution in [0.4, 0.5) is 5.69 Å². The van der Waals surface area contributed by atoms with E-state index in [-0.39, 0.29) is 6.61 Å². The molecule has 0 atom stereocenters. The molecular formula is C9H12BrNO. The summed E-state index contributed by atoms with van der Waals surface area (Å²) in [5, 5.41) is 11.7. The number of halogens is 1. The van der Waals surface area contributed by atoms with Crippen LogP contribution in [0, 0.1) is 6.92 Å². The zero-order valence-corrected chi connectivity index (χ0v) is 8.56. The Labute approximate surface area is 80.7 Å². The number of nitrogens with one attached hydrogen (secondary N) is 1. The van der Waals surface area contributed by atoms with E-state index in [2.05, 4.69) is 21.2 Å². The van der Waals surface area contributed by atoms with Gasteiger partial charge in [0.2, 0.25) is 0 Å². The van der Waals surface area contributed by atoms with Crippen molar-refractivity contribution in [1.29, 1.82) is 0 Å². The Hall–Kier alpha value is -0.540. The molecule has 0 saturated heterocycles. The Morgan fingerprint density at radius 1 is 1.50 bits per heavy atom. The van der Waals surface area contributed by atoms with Gasteiger partial charge in [-0.15, -0.1) is 0 Å². The number of anilines is 1. The first-order valence-electron chi connectivity index (χ1n) is 3.85. The van der Waals surface area contributed by atoms with Crippen LogP contribution in [0.2, 0.25) is 0 Å². The second kappa shape index (κ2) is 4.48. The van der Waals surface area contributed by atoms with Gasteiger partial charge in [-0.1, -0.05) is 22.0 Å². The fraction of sp³-hybridized carbons (Fsp3) is 0.333. The molecule has 2 nitrogen and oxygen atoms in total. The van der Waals surface area contributed by atoms with Gasteiger partial charge in [0.25, 0.3) is 0 Å². The van der Waals surface area contributed by atoms with Crippen molar-refractivity contribution in [3.05, 3.63) is 28.2 Å². The van der Waals surface area contributed by atoms with Gasteiger partial charge in [0.15, 0.2) is 0 Å². The van der Waals surface area contributed by atoms with E-state index in [1.807, 2.05) is 25.1 Å². The van der Waals surface area contributed by atoms with Crippen molar-refractivity contribution in [2.24, 2.45) is 0 Å². The zero-order valence-electron chi connectivity index (χ0n) is 6.97. The largest absolute Gasteiger partial charge is 0.395 e. The molecule has 0 bridgehead atoms. The summed E-state index contributed by atoms with van der Waals surface area (Å²) < 4.78 is 1.09. The lowest BCUT2D eigenvalue weighted by Gasteiger charge is -2.08. The predicted molar refractivity (Wildman–Crippen MR) is 54.5 cm³/mol. The lowest BCUT2D eigenvalue weighted by molar-refractivity contribution is 0.311. The fourth-order valence-corrected chi connectivity index (χ4v) is 1.36. The highest BCUT2D eigenvalue weighted by atomic mass is 79.9. The van der Waals surface area contributed by atoms with Crippen LogP contribution in [-0.2, 0) is 0 Å². The molecule has 1 aromatic carbocycles. The molecule has 3 heteroatoms. The third-order valence-electron chi connectivity index (χ3n) is 1.69. The molecule has 0 aliphatic rings. The minimum atomic E-state index is 0.159. The van der Waals surface area contributed by atoms with Gasteiger partial charge in [-0.05, 0) is 24.6 Å². The van der Waals surface area contributed by atoms with Gasteiger partial charge in [0, 0.05) is 16.7 Å². The van der Waals surface area contributed by atoms with Gasteiger partial charge in [0.1, 0.15) is 0 Å². The number of rotatable bonds is 3. The summed E-state index contributed by atoms with van der Waals surface area (Å²) in [5.41, 5.74) is 2.24. The maximum atomic E-state index is 8.61. The summed E-state index contributed by atoms with van der Waals surface area (Å²) in [6.45, 7) is 2.78. The minimum Gasteiger partial charge on any atom is -0.395 e. The van der Waals surface area contributed by atoms with Crippen molar-refractivity contribution in [2.45, 2.75) is 6.92 Å². The third kappa shape index (κ3) is 2.22. The van der Waals surface area contributed by atoms with Gasteiger partial charge < -0.3 is 10.4 Å². The summed E-state index contributed by atoms with van der Waals surface area (Å²) in [7, 11) is 0. The normalized spacial score (nSPS) is 9.92. The Kier molecular flexibility index (Phi) is 3.56.